The number of rotatable bonds is 4. The lowest BCUT2D eigenvalue weighted by Gasteiger charge is -2.14. The van der Waals surface area contributed by atoms with Crippen molar-refractivity contribution in [1.29, 1.82) is 0 Å². The van der Waals surface area contributed by atoms with Crippen LogP contribution in [0.1, 0.15) is 21.6 Å². The molecule has 0 atom stereocenters. The number of hydrogen-bond donors (Lipinski definition) is 2. The van der Waals surface area contributed by atoms with Crippen LogP contribution in [0.25, 0.3) is 22.2 Å². The summed E-state index contributed by atoms with van der Waals surface area (Å²) in [6.07, 6.45) is -7.29. The number of nitrogens with zero attached hydrogens (tertiary/aromatic N) is 3. The quantitative estimate of drug-likeness (QED) is 0.341. The number of carbonyl (C=O) groups is 1. The van der Waals surface area contributed by atoms with E-state index in [-0.39, 0.29) is 16.9 Å². The Balaban J connectivity index is 1.75. The molecule has 0 aliphatic heterocycles. The topological polar surface area (TPSA) is 88.0 Å². The van der Waals surface area contributed by atoms with Gasteiger partial charge < -0.3 is 10.4 Å². The maximum atomic E-state index is 13.5. The van der Waals surface area contributed by atoms with Gasteiger partial charge in [-0.2, -0.15) is 26.3 Å². The average Bonchev–Trinajstić information content (AvgIpc) is 2.77. The maximum absolute atomic E-state index is 13.5. The molecule has 0 radical (unpaired) electrons. The fourth-order valence-corrected chi connectivity index (χ4v) is 3.20. The van der Waals surface area contributed by atoms with E-state index in [9.17, 15) is 31.1 Å². The van der Waals surface area contributed by atoms with Crippen molar-refractivity contribution in [3.63, 3.8) is 0 Å². The monoisotopic (exact) mass is 478 g/mol. The first-order valence-corrected chi connectivity index (χ1v) is 9.44. The lowest BCUT2D eigenvalue weighted by molar-refractivity contribution is -0.138. The molecular formula is C22H12F6N4O2. The van der Waals surface area contributed by atoms with Gasteiger partial charge in [0, 0.05) is 23.3 Å². The molecule has 0 aliphatic carbocycles. The number of fused-ring (bicyclic) bond motifs is 1. The molecule has 0 bridgehead atoms. The molecule has 2 N–H and O–H groups in total. The summed E-state index contributed by atoms with van der Waals surface area (Å²) < 4.78 is 78.7. The van der Waals surface area contributed by atoms with Crippen molar-refractivity contribution in [1.82, 2.24) is 15.0 Å². The van der Waals surface area contributed by atoms with Gasteiger partial charge in [-0.05, 0) is 36.4 Å². The van der Waals surface area contributed by atoms with Crippen LogP contribution >= 0.6 is 0 Å². The molecule has 0 fully saturated rings. The molecule has 1 aromatic carbocycles. The average molecular weight is 478 g/mol. The van der Waals surface area contributed by atoms with E-state index in [1.54, 1.807) is 0 Å². The minimum atomic E-state index is -4.78. The lowest BCUT2D eigenvalue weighted by Crippen LogP contribution is -2.11. The van der Waals surface area contributed by atoms with E-state index in [1.165, 1.54) is 30.5 Å². The Hall–Kier alpha value is -4.22. The molecule has 4 rings (SSSR count). The number of pyridine rings is 3. The number of nitrogens with one attached hydrogen (secondary N) is 1. The fourth-order valence-electron chi connectivity index (χ4n) is 3.20. The van der Waals surface area contributed by atoms with Crippen molar-refractivity contribution in [2.75, 3.05) is 5.32 Å². The second-order valence-electron chi connectivity index (χ2n) is 7.04. The van der Waals surface area contributed by atoms with Gasteiger partial charge in [0.15, 0.2) is 0 Å². The highest BCUT2D eigenvalue weighted by molar-refractivity contribution is 5.95. The van der Waals surface area contributed by atoms with Gasteiger partial charge in [-0.3, -0.25) is 4.98 Å². The normalized spacial score (nSPS) is 12.1. The Bertz CT molecular complexity index is 1390. The number of carboxylic acid groups (broad SMARTS) is 1. The van der Waals surface area contributed by atoms with Crippen LogP contribution in [0.4, 0.5) is 37.8 Å². The molecule has 6 nitrogen and oxygen atoms in total. The van der Waals surface area contributed by atoms with E-state index in [1.807, 2.05) is 0 Å². The summed E-state index contributed by atoms with van der Waals surface area (Å²) in [6.45, 7) is 0. The van der Waals surface area contributed by atoms with E-state index in [0.717, 1.165) is 18.2 Å². The first-order valence-electron chi connectivity index (χ1n) is 9.44. The summed E-state index contributed by atoms with van der Waals surface area (Å²) in [5.41, 5.74) is -2.53. The number of benzene rings is 1. The molecule has 0 spiro atoms. The summed E-state index contributed by atoms with van der Waals surface area (Å²) in [4.78, 5) is 22.8. The molecule has 0 saturated heterocycles. The number of aromatic carboxylic acids is 1. The molecule has 4 aromatic rings. The van der Waals surface area contributed by atoms with Crippen molar-refractivity contribution < 1.29 is 36.2 Å². The highest BCUT2D eigenvalue weighted by Crippen LogP contribution is 2.37. The molecule has 12 heteroatoms. The van der Waals surface area contributed by atoms with E-state index in [4.69, 9.17) is 5.11 Å². The Labute approximate surface area is 186 Å². The SMILES string of the molecule is O=C(O)c1ccc(C(F)(F)F)c(-c2ccc3c(Nc4ccc(C(F)(F)F)cn4)ccnc3c2)n1. The number of carboxylic acids is 1. The second kappa shape index (κ2) is 8.28. The Morgan fingerprint density at radius 2 is 1.65 bits per heavy atom. The zero-order chi connectivity index (χ0) is 24.7. The first kappa shape index (κ1) is 23.0. The standard InChI is InChI=1S/C22H12F6N4O2/c23-21(24,25)12-2-6-18(30-10-12)31-15-7-8-29-17-9-11(1-3-13(15)17)19-14(22(26,27)28)4-5-16(32-19)20(33)34/h1-10H,(H,33,34)(H,29,30,31). The predicted molar refractivity (Wildman–Crippen MR) is 109 cm³/mol. The summed E-state index contributed by atoms with van der Waals surface area (Å²) in [6, 6.07) is 9.01. The van der Waals surface area contributed by atoms with Crippen LogP contribution in [0.5, 0.6) is 0 Å². The summed E-state index contributed by atoms with van der Waals surface area (Å²) in [5.74, 6) is -1.37. The van der Waals surface area contributed by atoms with Gasteiger partial charge in [0.25, 0.3) is 0 Å². The summed E-state index contributed by atoms with van der Waals surface area (Å²) >= 11 is 0. The summed E-state index contributed by atoms with van der Waals surface area (Å²) in [5, 5.41) is 12.4. The second-order valence-corrected chi connectivity index (χ2v) is 7.04. The van der Waals surface area contributed by atoms with E-state index in [2.05, 4.69) is 20.3 Å². The maximum Gasteiger partial charge on any atom is 0.418 e. The van der Waals surface area contributed by atoms with Crippen LogP contribution in [0.2, 0.25) is 0 Å². The Morgan fingerprint density at radius 1 is 0.882 bits per heavy atom. The lowest BCUT2D eigenvalue weighted by atomic mass is 10.0. The van der Waals surface area contributed by atoms with Gasteiger partial charge in [-0.1, -0.05) is 12.1 Å². The van der Waals surface area contributed by atoms with Crippen LogP contribution < -0.4 is 5.32 Å². The zero-order valence-electron chi connectivity index (χ0n) is 16.7. The summed E-state index contributed by atoms with van der Waals surface area (Å²) in [7, 11) is 0. The van der Waals surface area contributed by atoms with Gasteiger partial charge in [0.05, 0.1) is 28.0 Å². The minimum absolute atomic E-state index is 0.0137. The van der Waals surface area contributed by atoms with Crippen molar-refractivity contribution in [3.05, 3.63) is 77.7 Å². The molecular weight excluding hydrogens is 466 g/mol. The van der Waals surface area contributed by atoms with Crippen LogP contribution in [0.3, 0.4) is 0 Å². The van der Waals surface area contributed by atoms with Gasteiger partial charge in [-0.15, -0.1) is 0 Å². The van der Waals surface area contributed by atoms with Gasteiger partial charge >= 0.3 is 18.3 Å². The van der Waals surface area contributed by atoms with E-state index >= 15 is 0 Å². The van der Waals surface area contributed by atoms with Gasteiger partial charge in [0.1, 0.15) is 11.5 Å². The van der Waals surface area contributed by atoms with Crippen molar-refractivity contribution >= 4 is 28.4 Å². The van der Waals surface area contributed by atoms with E-state index in [0.29, 0.717) is 23.3 Å². The van der Waals surface area contributed by atoms with Crippen LogP contribution in [0.15, 0.2) is 60.9 Å². The fraction of sp³-hybridized carbons (Fsp3) is 0.0909. The van der Waals surface area contributed by atoms with E-state index < -0.39 is 40.8 Å². The smallest absolute Gasteiger partial charge is 0.418 e. The Kier molecular flexibility index (Phi) is 5.59. The number of halogens is 6. The molecule has 0 unspecified atom stereocenters. The third-order valence-electron chi connectivity index (χ3n) is 4.79. The molecule has 3 aromatic heterocycles. The number of aromatic nitrogens is 3. The van der Waals surface area contributed by atoms with Crippen molar-refractivity contribution in [3.8, 4) is 11.3 Å². The Morgan fingerprint density at radius 3 is 2.26 bits per heavy atom. The third kappa shape index (κ3) is 4.60. The molecule has 0 aliphatic rings. The highest BCUT2D eigenvalue weighted by atomic mass is 19.4. The largest absolute Gasteiger partial charge is 0.477 e. The molecule has 34 heavy (non-hydrogen) atoms. The number of hydrogen-bond acceptors (Lipinski definition) is 5. The van der Waals surface area contributed by atoms with Crippen LogP contribution in [-0.4, -0.2) is 26.0 Å². The molecule has 174 valence electrons. The van der Waals surface area contributed by atoms with Crippen LogP contribution in [-0.2, 0) is 12.4 Å². The molecule has 3 heterocycles. The van der Waals surface area contributed by atoms with Crippen molar-refractivity contribution in [2.24, 2.45) is 0 Å². The third-order valence-corrected chi connectivity index (χ3v) is 4.79. The van der Waals surface area contributed by atoms with Gasteiger partial charge in [0.2, 0.25) is 0 Å². The minimum Gasteiger partial charge on any atom is -0.477 e. The van der Waals surface area contributed by atoms with Gasteiger partial charge in [-0.25, -0.2) is 14.8 Å². The highest BCUT2D eigenvalue weighted by Gasteiger charge is 2.35. The predicted octanol–water partition coefficient (Wildman–Crippen LogP) is 6.17. The molecule has 0 amide bonds. The van der Waals surface area contributed by atoms with Crippen molar-refractivity contribution in [2.45, 2.75) is 12.4 Å². The van der Waals surface area contributed by atoms with Crippen LogP contribution in [0, 0.1) is 0 Å². The zero-order valence-corrected chi connectivity index (χ0v) is 16.7. The number of alkyl halides is 6. The first-order chi connectivity index (χ1) is 15.9. The number of anilines is 2. The molecule has 0 saturated carbocycles.